The van der Waals surface area contributed by atoms with Crippen molar-refractivity contribution in [3.05, 3.63) is 28.3 Å². The highest BCUT2D eigenvalue weighted by Crippen LogP contribution is 2.27. The topological polar surface area (TPSA) is 41.5 Å². The highest BCUT2D eigenvalue weighted by atomic mass is 16.5. The minimum absolute atomic E-state index is 0.289. The minimum Gasteiger partial charge on any atom is -0.496 e. The van der Waals surface area contributed by atoms with Gasteiger partial charge in [-0.05, 0) is 81.4 Å². The van der Waals surface area contributed by atoms with Gasteiger partial charge in [-0.1, -0.05) is 0 Å². The summed E-state index contributed by atoms with van der Waals surface area (Å²) in [5.41, 5.74) is 5.31. The molecule has 0 saturated carbocycles. The SMILES string of the molecule is COc1cc(C)c(CCNCCCCO)c(C)c1C. The molecular weight excluding hydrogens is 238 g/mol. The number of hydrogen-bond donors (Lipinski definition) is 2. The van der Waals surface area contributed by atoms with Crippen LogP contribution in [-0.2, 0) is 6.42 Å². The lowest BCUT2D eigenvalue weighted by Crippen LogP contribution is -2.19. The highest BCUT2D eigenvalue weighted by molar-refractivity contribution is 5.48. The molecule has 3 heteroatoms. The summed E-state index contributed by atoms with van der Waals surface area (Å²) in [5.74, 6) is 0.981. The second-order valence-electron chi connectivity index (χ2n) is 5.05. The number of aliphatic hydroxyl groups is 1. The van der Waals surface area contributed by atoms with Crippen LogP contribution in [0.15, 0.2) is 6.07 Å². The first-order chi connectivity index (χ1) is 9.11. The largest absolute Gasteiger partial charge is 0.496 e. The zero-order chi connectivity index (χ0) is 14.3. The van der Waals surface area contributed by atoms with Crippen LogP contribution in [0.25, 0.3) is 0 Å². The average molecular weight is 265 g/mol. The van der Waals surface area contributed by atoms with Gasteiger partial charge in [-0.15, -0.1) is 0 Å². The Kier molecular flexibility index (Phi) is 6.89. The quantitative estimate of drug-likeness (QED) is 0.710. The molecule has 0 radical (unpaired) electrons. The Morgan fingerprint density at radius 2 is 1.84 bits per heavy atom. The molecule has 0 aliphatic rings. The summed E-state index contributed by atoms with van der Waals surface area (Å²) in [4.78, 5) is 0. The van der Waals surface area contributed by atoms with Gasteiger partial charge in [-0.2, -0.15) is 0 Å². The van der Waals surface area contributed by atoms with Gasteiger partial charge in [0, 0.05) is 6.61 Å². The van der Waals surface area contributed by atoms with E-state index in [4.69, 9.17) is 9.84 Å². The number of hydrogen-bond acceptors (Lipinski definition) is 3. The highest BCUT2D eigenvalue weighted by Gasteiger charge is 2.10. The van der Waals surface area contributed by atoms with Crippen molar-refractivity contribution in [3.8, 4) is 5.75 Å². The third kappa shape index (κ3) is 4.51. The van der Waals surface area contributed by atoms with Crippen molar-refractivity contribution >= 4 is 0 Å². The van der Waals surface area contributed by atoms with Crippen molar-refractivity contribution in [1.82, 2.24) is 5.32 Å². The zero-order valence-electron chi connectivity index (χ0n) is 12.7. The van der Waals surface area contributed by atoms with Crippen LogP contribution in [0.1, 0.15) is 35.1 Å². The maximum atomic E-state index is 8.71. The molecule has 0 unspecified atom stereocenters. The molecule has 1 rings (SSSR count). The normalized spacial score (nSPS) is 10.8. The maximum absolute atomic E-state index is 8.71. The van der Waals surface area contributed by atoms with Crippen LogP contribution < -0.4 is 10.1 Å². The third-order valence-corrected chi connectivity index (χ3v) is 3.74. The Morgan fingerprint density at radius 3 is 2.47 bits per heavy atom. The first-order valence-electron chi connectivity index (χ1n) is 7.07. The summed E-state index contributed by atoms with van der Waals surface area (Å²) >= 11 is 0. The number of methoxy groups -OCH3 is 1. The van der Waals surface area contributed by atoms with Crippen LogP contribution >= 0.6 is 0 Å². The molecule has 108 valence electrons. The van der Waals surface area contributed by atoms with Crippen molar-refractivity contribution in [2.75, 3.05) is 26.8 Å². The smallest absolute Gasteiger partial charge is 0.122 e. The molecule has 3 nitrogen and oxygen atoms in total. The van der Waals surface area contributed by atoms with E-state index in [9.17, 15) is 0 Å². The van der Waals surface area contributed by atoms with Crippen LogP contribution in [0.3, 0.4) is 0 Å². The molecule has 0 aliphatic carbocycles. The van der Waals surface area contributed by atoms with Crippen molar-refractivity contribution < 1.29 is 9.84 Å². The number of unbranched alkanes of at least 4 members (excludes halogenated alkanes) is 1. The van der Waals surface area contributed by atoms with E-state index in [2.05, 4.69) is 32.2 Å². The van der Waals surface area contributed by atoms with Gasteiger partial charge in [-0.25, -0.2) is 0 Å². The van der Waals surface area contributed by atoms with E-state index in [1.54, 1.807) is 7.11 Å². The molecule has 2 N–H and O–H groups in total. The standard InChI is InChI=1S/C16H27NO2/c1-12-11-16(19-4)14(3)13(2)15(12)7-9-17-8-5-6-10-18/h11,17-18H,5-10H2,1-4H3. The van der Waals surface area contributed by atoms with Gasteiger partial charge in [-0.3, -0.25) is 0 Å². The van der Waals surface area contributed by atoms with Crippen molar-refractivity contribution in [3.63, 3.8) is 0 Å². The Bertz CT molecular complexity index is 402. The second-order valence-corrected chi connectivity index (χ2v) is 5.05. The fourth-order valence-corrected chi connectivity index (χ4v) is 2.40. The summed E-state index contributed by atoms with van der Waals surface area (Å²) in [7, 11) is 1.73. The van der Waals surface area contributed by atoms with Gasteiger partial charge < -0.3 is 15.2 Å². The van der Waals surface area contributed by atoms with E-state index in [1.165, 1.54) is 22.3 Å². The van der Waals surface area contributed by atoms with Crippen LogP contribution in [0.2, 0.25) is 0 Å². The summed E-state index contributed by atoms with van der Waals surface area (Å²) in [6, 6.07) is 2.13. The number of aliphatic hydroxyl groups excluding tert-OH is 1. The average Bonchev–Trinajstić information content (AvgIpc) is 2.41. The predicted molar refractivity (Wildman–Crippen MR) is 80.1 cm³/mol. The van der Waals surface area contributed by atoms with Crippen molar-refractivity contribution in [2.24, 2.45) is 0 Å². The number of benzene rings is 1. The molecule has 0 spiro atoms. The van der Waals surface area contributed by atoms with E-state index < -0.39 is 0 Å². The maximum Gasteiger partial charge on any atom is 0.122 e. The third-order valence-electron chi connectivity index (χ3n) is 3.74. The molecular formula is C16H27NO2. The van der Waals surface area contributed by atoms with Gasteiger partial charge in [0.25, 0.3) is 0 Å². The lowest BCUT2D eigenvalue weighted by molar-refractivity contribution is 0.284. The Morgan fingerprint density at radius 1 is 1.11 bits per heavy atom. The monoisotopic (exact) mass is 265 g/mol. The van der Waals surface area contributed by atoms with Gasteiger partial charge in [0.2, 0.25) is 0 Å². The number of aryl methyl sites for hydroxylation is 1. The molecule has 0 aliphatic heterocycles. The fourth-order valence-electron chi connectivity index (χ4n) is 2.40. The van der Waals surface area contributed by atoms with E-state index in [-0.39, 0.29) is 6.61 Å². The van der Waals surface area contributed by atoms with Crippen LogP contribution in [0.4, 0.5) is 0 Å². The number of rotatable bonds is 8. The Hall–Kier alpha value is -1.06. The van der Waals surface area contributed by atoms with E-state index >= 15 is 0 Å². The molecule has 0 aromatic heterocycles. The predicted octanol–water partition coefficient (Wildman–Crippen LogP) is 2.53. The van der Waals surface area contributed by atoms with Gasteiger partial charge >= 0.3 is 0 Å². The summed E-state index contributed by atoms with van der Waals surface area (Å²) in [5, 5.41) is 12.1. The first kappa shape index (κ1) is 16.0. The molecule has 19 heavy (non-hydrogen) atoms. The van der Waals surface area contributed by atoms with Gasteiger partial charge in [0.15, 0.2) is 0 Å². The van der Waals surface area contributed by atoms with Crippen LogP contribution in [-0.4, -0.2) is 31.9 Å². The molecule has 0 atom stereocenters. The van der Waals surface area contributed by atoms with Crippen LogP contribution in [0.5, 0.6) is 5.75 Å². The minimum atomic E-state index is 0.289. The molecule has 0 fully saturated rings. The summed E-state index contributed by atoms with van der Waals surface area (Å²) < 4.78 is 5.39. The second kappa shape index (κ2) is 8.18. The molecule has 0 saturated heterocycles. The Balaban J connectivity index is 2.56. The fraction of sp³-hybridized carbons (Fsp3) is 0.625. The van der Waals surface area contributed by atoms with Crippen molar-refractivity contribution in [2.45, 2.75) is 40.0 Å². The van der Waals surface area contributed by atoms with Crippen molar-refractivity contribution in [1.29, 1.82) is 0 Å². The number of ether oxygens (including phenoxy) is 1. The van der Waals surface area contributed by atoms with E-state index in [0.29, 0.717) is 0 Å². The van der Waals surface area contributed by atoms with E-state index in [1.807, 2.05) is 0 Å². The molecule has 0 amide bonds. The molecule has 1 aromatic rings. The van der Waals surface area contributed by atoms with E-state index in [0.717, 1.165) is 38.1 Å². The van der Waals surface area contributed by atoms with Gasteiger partial charge in [0.05, 0.1) is 7.11 Å². The summed E-state index contributed by atoms with van der Waals surface area (Å²) in [6.07, 6.45) is 2.96. The number of nitrogens with one attached hydrogen (secondary N) is 1. The lowest BCUT2D eigenvalue weighted by Gasteiger charge is -2.16. The lowest BCUT2D eigenvalue weighted by atomic mass is 9.95. The molecule has 0 bridgehead atoms. The Labute approximate surface area is 117 Å². The first-order valence-corrected chi connectivity index (χ1v) is 7.07. The van der Waals surface area contributed by atoms with Gasteiger partial charge in [0.1, 0.15) is 5.75 Å². The summed E-state index contributed by atoms with van der Waals surface area (Å²) in [6.45, 7) is 8.69. The zero-order valence-corrected chi connectivity index (χ0v) is 12.7. The van der Waals surface area contributed by atoms with Crippen LogP contribution in [0, 0.1) is 20.8 Å². The molecule has 1 aromatic carbocycles. The molecule has 0 heterocycles.